The lowest BCUT2D eigenvalue weighted by molar-refractivity contribution is -0.137. The Morgan fingerprint density at radius 3 is 3.06 bits per heavy atom. The molecule has 0 radical (unpaired) electrons. The number of rotatable bonds is 5. The van der Waals surface area contributed by atoms with Crippen molar-refractivity contribution in [3.05, 3.63) is 30.1 Å². The molecule has 0 spiro atoms. The zero-order valence-corrected chi connectivity index (χ0v) is 10.1. The number of fused-ring (bicyclic) bond motifs is 1. The molecule has 6 heteroatoms. The molecule has 0 aliphatic rings. The highest BCUT2D eigenvalue weighted by molar-refractivity contribution is 5.75. The largest absolute Gasteiger partial charge is 0.481 e. The predicted octanol–water partition coefficient (Wildman–Crippen LogP) is 0.625. The number of nitrogens with zero attached hydrogens (tertiary/aromatic N) is 1. The van der Waals surface area contributed by atoms with Gasteiger partial charge in [0.1, 0.15) is 0 Å². The van der Waals surface area contributed by atoms with E-state index in [0.29, 0.717) is 0 Å². The second-order valence-electron chi connectivity index (χ2n) is 4.21. The number of likely N-dealkylation sites (N-methyl/N-ethyl adjacent to an activating group) is 1. The van der Waals surface area contributed by atoms with Crippen LogP contribution in [-0.2, 0) is 4.79 Å². The molecule has 6 nitrogen and oxygen atoms in total. The van der Waals surface area contributed by atoms with E-state index in [1.54, 1.807) is 13.4 Å². The molecule has 2 atom stereocenters. The van der Waals surface area contributed by atoms with Gasteiger partial charge in [-0.15, -0.1) is 0 Å². The van der Waals surface area contributed by atoms with E-state index >= 15 is 0 Å². The van der Waals surface area contributed by atoms with Gasteiger partial charge in [-0.25, -0.2) is 4.98 Å². The SMILES string of the molecule is CNC(c1ccc2nc[nH]c2c1)C(N)CC(=O)O. The van der Waals surface area contributed by atoms with Gasteiger partial charge in [0.15, 0.2) is 0 Å². The van der Waals surface area contributed by atoms with Crippen molar-refractivity contribution in [3.8, 4) is 0 Å². The number of H-pyrrole nitrogens is 1. The van der Waals surface area contributed by atoms with E-state index in [-0.39, 0.29) is 12.5 Å². The first kappa shape index (κ1) is 12.5. The smallest absolute Gasteiger partial charge is 0.304 e. The van der Waals surface area contributed by atoms with Gasteiger partial charge >= 0.3 is 5.97 Å². The van der Waals surface area contributed by atoms with Gasteiger partial charge in [-0.05, 0) is 24.7 Å². The summed E-state index contributed by atoms with van der Waals surface area (Å²) in [6, 6.07) is 5.05. The molecule has 1 aromatic carbocycles. The van der Waals surface area contributed by atoms with Crippen molar-refractivity contribution in [1.29, 1.82) is 0 Å². The Labute approximate surface area is 104 Å². The molecule has 2 aromatic rings. The van der Waals surface area contributed by atoms with Crippen molar-refractivity contribution < 1.29 is 9.90 Å². The summed E-state index contributed by atoms with van der Waals surface area (Å²) in [5, 5.41) is 11.8. The summed E-state index contributed by atoms with van der Waals surface area (Å²) in [7, 11) is 1.77. The molecular formula is C12H16N4O2. The van der Waals surface area contributed by atoms with Crippen molar-refractivity contribution in [2.45, 2.75) is 18.5 Å². The van der Waals surface area contributed by atoms with Crippen LogP contribution >= 0.6 is 0 Å². The number of nitrogens with two attached hydrogens (primary N) is 1. The van der Waals surface area contributed by atoms with Gasteiger partial charge in [-0.3, -0.25) is 4.79 Å². The van der Waals surface area contributed by atoms with Crippen LogP contribution in [0.25, 0.3) is 11.0 Å². The van der Waals surface area contributed by atoms with Crippen LogP contribution < -0.4 is 11.1 Å². The van der Waals surface area contributed by atoms with Crippen LogP contribution in [0.3, 0.4) is 0 Å². The van der Waals surface area contributed by atoms with Crippen LogP contribution in [0.2, 0.25) is 0 Å². The van der Waals surface area contributed by atoms with Gasteiger partial charge in [0.25, 0.3) is 0 Å². The maximum Gasteiger partial charge on any atom is 0.304 e. The Morgan fingerprint density at radius 2 is 2.39 bits per heavy atom. The van der Waals surface area contributed by atoms with E-state index in [0.717, 1.165) is 16.6 Å². The Balaban J connectivity index is 2.28. The monoisotopic (exact) mass is 248 g/mol. The fourth-order valence-electron chi connectivity index (χ4n) is 2.09. The highest BCUT2D eigenvalue weighted by Crippen LogP contribution is 2.21. The fraction of sp³-hybridized carbons (Fsp3) is 0.333. The number of nitrogens with one attached hydrogen (secondary N) is 2. The molecule has 2 rings (SSSR count). The average Bonchev–Trinajstić information content (AvgIpc) is 2.76. The van der Waals surface area contributed by atoms with Crippen LogP contribution in [-0.4, -0.2) is 34.1 Å². The van der Waals surface area contributed by atoms with E-state index in [1.165, 1.54) is 0 Å². The van der Waals surface area contributed by atoms with Crippen molar-refractivity contribution in [2.75, 3.05) is 7.05 Å². The number of carboxylic acid groups (broad SMARTS) is 1. The molecule has 18 heavy (non-hydrogen) atoms. The molecule has 0 aliphatic heterocycles. The van der Waals surface area contributed by atoms with Crippen molar-refractivity contribution in [1.82, 2.24) is 15.3 Å². The van der Waals surface area contributed by atoms with Gasteiger partial charge < -0.3 is 21.1 Å². The minimum Gasteiger partial charge on any atom is -0.481 e. The molecule has 0 saturated heterocycles. The number of imidazole rings is 1. The Morgan fingerprint density at radius 1 is 1.61 bits per heavy atom. The lowest BCUT2D eigenvalue weighted by Crippen LogP contribution is -2.37. The van der Waals surface area contributed by atoms with Gasteiger partial charge in [0, 0.05) is 12.1 Å². The van der Waals surface area contributed by atoms with Crippen LogP contribution in [0.1, 0.15) is 18.0 Å². The minimum atomic E-state index is -0.898. The first-order valence-electron chi connectivity index (χ1n) is 5.69. The van der Waals surface area contributed by atoms with Crippen molar-refractivity contribution in [3.63, 3.8) is 0 Å². The van der Waals surface area contributed by atoms with E-state index in [4.69, 9.17) is 10.8 Å². The maximum absolute atomic E-state index is 10.7. The predicted molar refractivity (Wildman–Crippen MR) is 68.1 cm³/mol. The number of benzene rings is 1. The average molecular weight is 248 g/mol. The summed E-state index contributed by atoms with van der Waals surface area (Å²) in [5.74, 6) is -0.898. The number of carbonyl (C=O) groups is 1. The van der Waals surface area contributed by atoms with Gasteiger partial charge in [0.05, 0.1) is 23.8 Å². The second kappa shape index (κ2) is 5.16. The molecule has 5 N–H and O–H groups in total. The normalized spacial score (nSPS) is 14.6. The number of hydrogen-bond acceptors (Lipinski definition) is 4. The van der Waals surface area contributed by atoms with Crippen LogP contribution in [0, 0.1) is 0 Å². The molecule has 2 unspecified atom stereocenters. The molecule has 96 valence electrons. The number of aromatic nitrogens is 2. The molecule has 0 amide bonds. The van der Waals surface area contributed by atoms with Crippen LogP contribution in [0.15, 0.2) is 24.5 Å². The third-order valence-electron chi connectivity index (χ3n) is 2.95. The fourth-order valence-corrected chi connectivity index (χ4v) is 2.09. The number of aliphatic carboxylic acids is 1. The molecular weight excluding hydrogens is 232 g/mol. The summed E-state index contributed by atoms with van der Waals surface area (Å²) in [6.07, 6.45) is 1.55. The zero-order chi connectivity index (χ0) is 13.1. The summed E-state index contributed by atoms with van der Waals surface area (Å²) in [4.78, 5) is 17.9. The standard InChI is InChI=1S/C12H16N4O2/c1-14-12(8(13)5-11(17)18)7-2-3-9-10(4-7)16-6-15-9/h2-4,6,8,12,14H,5,13H2,1H3,(H,15,16)(H,17,18). The lowest BCUT2D eigenvalue weighted by atomic mass is 9.97. The van der Waals surface area contributed by atoms with E-state index < -0.39 is 12.0 Å². The van der Waals surface area contributed by atoms with Gasteiger partial charge in [-0.2, -0.15) is 0 Å². The van der Waals surface area contributed by atoms with Crippen molar-refractivity contribution in [2.24, 2.45) is 5.73 Å². The van der Waals surface area contributed by atoms with E-state index in [9.17, 15) is 4.79 Å². The summed E-state index contributed by atoms with van der Waals surface area (Å²) >= 11 is 0. The van der Waals surface area contributed by atoms with E-state index in [1.807, 2.05) is 18.2 Å². The van der Waals surface area contributed by atoms with Crippen LogP contribution in [0.4, 0.5) is 0 Å². The molecule has 0 saturated carbocycles. The summed E-state index contributed by atoms with van der Waals surface area (Å²) in [5.41, 5.74) is 8.65. The molecule has 0 aliphatic carbocycles. The second-order valence-corrected chi connectivity index (χ2v) is 4.21. The highest BCUT2D eigenvalue weighted by atomic mass is 16.4. The summed E-state index contributed by atoms with van der Waals surface area (Å²) < 4.78 is 0. The minimum absolute atomic E-state index is 0.0769. The van der Waals surface area contributed by atoms with Crippen LogP contribution in [0.5, 0.6) is 0 Å². The Kier molecular flexibility index (Phi) is 3.59. The number of hydrogen-bond donors (Lipinski definition) is 4. The number of aromatic amines is 1. The molecule has 0 bridgehead atoms. The highest BCUT2D eigenvalue weighted by Gasteiger charge is 2.20. The van der Waals surface area contributed by atoms with E-state index in [2.05, 4.69) is 15.3 Å². The topological polar surface area (TPSA) is 104 Å². The quantitative estimate of drug-likeness (QED) is 0.621. The third kappa shape index (κ3) is 2.49. The van der Waals surface area contributed by atoms with Crippen molar-refractivity contribution >= 4 is 17.0 Å². The zero-order valence-electron chi connectivity index (χ0n) is 10.1. The Hall–Kier alpha value is -1.92. The Bertz CT molecular complexity index is 552. The molecule has 1 heterocycles. The maximum atomic E-state index is 10.7. The summed E-state index contributed by atoms with van der Waals surface area (Å²) in [6.45, 7) is 0. The first-order chi connectivity index (χ1) is 8.61. The lowest BCUT2D eigenvalue weighted by Gasteiger charge is -2.22. The molecule has 0 fully saturated rings. The van der Waals surface area contributed by atoms with Gasteiger partial charge in [0.2, 0.25) is 0 Å². The molecule has 1 aromatic heterocycles. The van der Waals surface area contributed by atoms with Gasteiger partial charge in [-0.1, -0.05) is 6.07 Å². The number of carboxylic acids is 1. The first-order valence-corrected chi connectivity index (χ1v) is 5.69. The third-order valence-corrected chi connectivity index (χ3v) is 2.95.